The van der Waals surface area contributed by atoms with Gasteiger partial charge in [0.2, 0.25) is 17.7 Å². The van der Waals surface area contributed by atoms with Crippen LogP contribution in [0.4, 0.5) is 0 Å². The first-order chi connectivity index (χ1) is 17.3. The summed E-state index contributed by atoms with van der Waals surface area (Å²) in [5.41, 5.74) is 8.00. The smallest absolute Gasteiger partial charge is 0.328 e. The number of nitrogens with zero attached hydrogens (tertiary/aromatic N) is 2. The topological polar surface area (TPSA) is 122 Å². The van der Waals surface area contributed by atoms with Crippen molar-refractivity contribution < 1.29 is 23.9 Å². The van der Waals surface area contributed by atoms with Crippen LogP contribution in [0, 0.1) is 0 Å². The van der Waals surface area contributed by atoms with E-state index in [4.69, 9.17) is 10.5 Å². The van der Waals surface area contributed by atoms with Crippen molar-refractivity contribution in [2.45, 2.75) is 43.8 Å². The van der Waals surface area contributed by atoms with Gasteiger partial charge in [-0.15, -0.1) is 0 Å². The third-order valence-electron chi connectivity index (χ3n) is 6.30. The highest BCUT2D eigenvalue weighted by molar-refractivity contribution is 5.93. The second-order valence-electron chi connectivity index (χ2n) is 9.01. The molecule has 2 aromatic carbocycles. The number of methoxy groups -OCH3 is 1. The standard InChI is InChI=1S/C27H34N4O5/c1-30(18-24(32)29-22(27(35)36-2)17-20-12-7-4-8-13-20)26(34)23-14-9-15-31(23)25(33)21(28)16-19-10-5-3-6-11-19/h3-8,10-13,21-23H,9,14-18,28H2,1-2H3,(H,29,32)/t21-,22+,23+/m1/s1. The highest BCUT2D eigenvalue weighted by Crippen LogP contribution is 2.20. The lowest BCUT2D eigenvalue weighted by molar-refractivity contribution is -0.147. The second-order valence-corrected chi connectivity index (χ2v) is 9.01. The van der Waals surface area contributed by atoms with E-state index < -0.39 is 30.0 Å². The SMILES string of the molecule is COC(=O)[C@H](Cc1ccccc1)NC(=O)CN(C)C(=O)[C@@H]1CCCN1C(=O)[C@H](N)Cc1ccccc1. The first kappa shape index (κ1) is 26.9. The number of amides is 3. The Morgan fingerprint density at radius 3 is 2.19 bits per heavy atom. The van der Waals surface area contributed by atoms with Crippen molar-refractivity contribution in [3.05, 3.63) is 71.8 Å². The summed E-state index contributed by atoms with van der Waals surface area (Å²) in [5.74, 6) is -1.67. The predicted octanol–water partition coefficient (Wildman–Crippen LogP) is 0.906. The van der Waals surface area contributed by atoms with Gasteiger partial charge in [-0.1, -0.05) is 60.7 Å². The molecule has 1 saturated heterocycles. The zero-order valence-corrected chi connectivity index (χ0v) is 20.8. The first-order valence-corrected chi connectivity index (χ1v) is 12.1. The summed E-state index contributed by atoms with van der Waals surface area (Å²) in [4.78, 5) is 53.9. The molecule has 0 spiro atoms. The van der Waals surface area contributed by atoms with Crippen molar-refractivity contribution in [3.63, 3.8) is 0 Å². The number of likely N-dealkylation sites (N-methyl/N-ethyl adjacent to an activating group) is 1. The number of nitrogens with two attached hydrogens (primary N) is 1. The van der Waals surface area contributed by atoms with Gasteiger partial charge in [-0.05, 0) is 30.4 Å². The van der Waals surface area contributed by atoms with Crippen LogP contribution in [0.5, 0.6) is 0 Å². The van der Waals surface area contributed by atoms with Crippen molar-refractivity contribution >= 4 is 23.7 Å². The quantitative estimate of drug-likeness (QED) is 0.474. The van der Waals surface area contributed by atoms with E-state index in [1.807, 2.05) is 60.7 Å². The molecule has 1 aliphatic heterocycles. The van der Waals surface area contributed by atoms with Gasteiger partial charge in [-0.2, -0.15) is 0 Å². The Morgan fingerprint density at radius 2 is 1.61 bits per heavy atom. The summed E-state index contributed by atoms with van der Waals surface area (Å²) in [6.45, 7) is 0.189. The minimum atomic E-state index is -0.881. The Morgan fingerprint density at radius 1 is 1.03 bits per heavy atom. The molecule has 36 heavy (non-hydrogen) atoms. The third-order valence-corrected chi connectivity index (χ3v) is 6.30. The summed E-state index contributed by atoms with van der Waals surface area (Å²) in [6, 6.07) is 16.4. The van der Waals surface area contributed by atoms with E-state index in [1.165, 1.54) is 24.0 Å². The molecular weight excluding hydrogens is 460 g/mol. The molecule has 3 amide bonds. The summed E-state index contributed by atoms with van der Waals surface area (Å²) in [5, 5.41) is 2.66. The molecule has 0 aliphatic carbocycles. The predicted molar refractivity (Wildman–Crippen MR) is 135 cm³/mol. The lowest BCUT2D eigenvalue weighted by Gasteiger charge is -2.30. The molecule has 0 unspecified atom stereocenters. The Labute approximate surface area is 211 Å². The number of carbonyl (C=O) groups is 4. The van der Waals surface area contributed by atoms with Gasteiger partial charge in [0, 0.05) is 20.0 Å². The molecule has 3 rings (SSSR count). The monoisotopic (exact) mass is 494 g/mol. The van der Waals surface area contributed by atoms with Crippen molar-refractivity contribution in [3.8, 4) is 0 Å². The van der Waals surface area contributed by atoms with Crippen molar-refractivity contribution in [1.29, 1.82) is 0 Å². The van der Waals surface area contributed by atoms with Crippen LogP contribution in [0.1, 0.15) is 24.0 Å². The summed E-state index contributed by atoms with van der Waals surface area (Å²) in [6.07, 6.45) is 1.84. The molecular formula is C27H34N4O5. The van der Waals surface area contributed by atoms with E-state index in [2.05, 4.69) is 5.32 Å². The zero-order valence-electron chi connectivity index (χ0n) is 20.8. The second kappa shape index (κ2) is 12.8. The normalized spacial score (nSPS) is 16.6. The lowest BCUT2D eigenvalue weighted by Crippen LogP contribution is -2.54. The van der Waals surface area contributed by atoms with Gasteiger partial charge in [0.25, 0.3) is 0 Å². The Hall–Kier alpha value is -3.72. The maximum Gasteiger partial charge on any atom is 0.328 e. The molecule has 0 radical (unpaired) electrons. The summed E-state index contributed by atoms with van der Waals surface area (Å²) in [7, 11) is 2.77. The van der Waals surface area contributed by atoms with Crippen LogP contribution in [0.15, 0.2) is 60.7 Å². The molecule has 1 aliphatic rings. The average molecular weight is 495 g/mol. The van der Waals surface area contributed by atoms with Crippen LogP contribution < -0.4 is 11.1 Å². The Kier molecular flexibility index (Phi) is 9.58. The Bertz CT molecular complexity index is 1050. The molecule has 0 bridgehead atoms. The van der Waals surface area contributed by atoms with Crippen molar-refractivity contribution in [2.24, 2.45) is 5.73 Å². The fourth-order valence-electron chi connectivity index (χ4n) is 4.43. The number of likely N-dealkylation sites (tertiary alicyclic amines) is 1. The number of hydrogen-bond acceptors (Lipinski definition) is 6. The van der Waals surface area contributed by atoms with Crippen LogP contribution in [0.3, 0.4) is 0 Å². The number of esters is 1. The molecule has 9 nitrogen and oxygen atoms in total. The van der Waals surface area contributed by atoms with Crippen LogP contribution in [0.2, 0.25) is 0 Å². The molecule has 0 saturated carbocycles. The van der Waals surface area contributed by atoms with Gasteiger partial charge in [0.1, 0.15) is 12.1 Å². The van der Waals surface area contributed by atoms with Crippen molar-refractivity contribution in [2.75, 3.05) is 27.2 Å². The van der Waals surface area contributed by atoms with Crippen LogP contribution in [-0.2, 0) is 36.8 Å². The maximum absolute atomic E-state index is 13.2. The zero-order chi connectivity index (χ0) is 26.1. The van der Waals surface area contributed by atoms with Crippen molar-refractivity contribution in [1.82, 2.24) is 15.1 Å². The molecule has 1 heterocycles. The fraction of sp³-hybridized carbons (Fsp3) is 0.407. The first-order valence-electron chi connectivity index (χ1n) is 12.1. The lowest BCUT2D eigenvalue weighted by atomic mass is 10.0. The Balaban J connectivity index is 1.58. The third kappa shape index (κ3) is 7.14. The average Bonchev–Trinajstić information content (AvgIpc) is 3.37. The number of carbonyl (C=O) groups excluding carboxylic acids is 4. The highest BCUT2D eigenvalue weighted by atomic mass is 16.5. The van der Waals surface area contributed by atoms with E-state index in [-0.39, 0.29) is 24.8 Å². The molecule has 2 aromatic rings. The van der Waals surface area contributed by atoms with E-state index in [0.29, 0.717) is 25.8 Å². The maximum atomic E-state index is 13.2. The van der Waals surface area contributed by atoms with Gasteiger partial charge >= 0.3 is 5.97 Å². The van der Waals surface area contributed by atoms with Gasteiger partial charge < -0.3 is 25.6 Å². The highest BCUT2D eigenvalue weighted by Gasteiger charge is 2.38. The number of rotatable bonds is 10. The number of ether oxygens (including phenoxy) is 1. The van der Waals surface area contributed by atoms with Crippen LogP contribution >= 0.6 is 0 Å². The van der Waals surface area contributed by atoms with Crippen LogP contribution in [-0.4, -0.2) is 78.9 Å². The largest absolute Gasteiger partial charge is 0.467 e. The van der Waals surface area contributed by atoms with Gasteiger partial charge in [-0.25, -0.2) is 4.79 Å². The molecule has 3 atom stereocenters. The van der Waals surface area contributed by atoms with E-state index in [1.54, 1.807) is 0 Å². The van der Waals surface area contributed by atoms with E-state index >= 15 is 0 Å². The molecule has 3 N–H and O–H groups in total. The minimum absolute atomic E-state index is 0.254. The molecule has 1 fully saturated rings. The number of hydrogen-bond donors (Lipinski definition) is 2. The molecule has 192 valence electrons. The summed E-state index contributed by atoms with van der Waals surface area (Å²) >= 11 is 0. The van der Waals surface area contributed by atoms with Gasteiger partial charge in [0.15, 0.2) is 0 Å². The van der Waals surface area contributed by atoms with Crippen LogP contribution in [0.25, 0.3) is 0 Å². The number of benzene rings is 2. The van der Waals surface area contributed by atoms with E-state index in [9.17, 15) is 19.2 Å². The van der Waals surface area contributed by atoms with Gasteiger partial charge in [-0.3, -0.25) is 14.4 Å². The van der Waals surface area contributed by atoms with Gasteiger partial charge in [0.05, 0.1) is 19.7 Å². The molecule has 0 aromatic heterocycles. The number of nitrogens with one attached hydrogen (secondary N) is 1. The fourth-order valence-corrected chi connectivity index (χ4v) is 4.43. The minimum Gasteiger partial charge on any atom is -0.467 e. The summed E-state index contributed by atoms with van der Waals surface area (Å²) < 4.78 is 4.83. The molecule has 9 heteroatoms. The van der Waals surface area contributed by atoms with E-state index in [0.717, 1.165) is 11.1 Å².